The van der Waals surface area contributed by atoms with Crippen LogP contribution in [0.15, 0.2) is 35.1 Å². The Morgan fingerprint density at radius 3 is 2.90 bits per heavy atom. The molecule has 0 radical (unpaired) electrons. The maximum atomic E-state index is 12.4. The number of amides is 1. The van der Waals surface area contributed by atoms with Gasteiger partial charge < -0.3 is 4.52 Å². The van der Waals surface area contributed by atoms with Crippen LogP contribution in [0, 0.1) is 6.92 Å². The van der Waals surface area contributed by atoms with Crippen molar-refractivity contribution in [3.8, 4) is 11.3 Å². The van der Waals surface area contributed by atoms with Crippen molar-refractivity contribution in [2.75, 3.05) is 5.32 Å². The average Bonchev–Trinajstić information content (AvgIpc) is 3.09. The molecule has 0 unspecified atom stereocenters. The van der Waals surface area contributed by atoms with Gasteiger partial charge in [0.05, 0.1) is 5.02 Å². The Bertz CT molecular complexity index is 782. The van der Waals surface area contributed by atoms with Gasteiger partial charge in [-0.1, -0.05) is 35.0 Å². The van der Waals surface area contributed by atoms with E-state index >= 15 is 0 Å². The molecular formula is C13H10ClN5O2. The Kier molecular flexibility index (Phi) is 3.41. The molecule has 1 aromatic carbocycles. The second-order valence-electron chi connectivity index (χ2n) is 4.23. The van der Waals surface area contributed by atoms with E-state index in [-0.39, 0.29) is 5.95 Å². The summed E-state index contributed by atoms with van der Waals surface area (Å²) in [5, 5.41) is 13.2. The van der Waals surface area contributed by atoms with E-state index in [0.717, 1.165) is 0 Å². The summed E-state index contributed by atoms with van der Waals surface area (Å²) in [7, 11) is 0. The Balaban J connectivity index is 2.01. The molecule has 0 aliphatic rings. The molecule has 0 saturated heterocycles. The third-order valence-corrected chi connectivity index (χ3v) is 3.20. The second-order valence-corrected chi connectivity index (χ2v) is 4.64. The van der Waals surface area contributed by atoms with E-state index < -0.39 is 5.91 Å². The maximum Gasteiger partial charge on any atom is 0.263 e. The lowest BCUT2D eigenvalue weighted by molar-refractivity contribution is 0.102. The van der Waals surface area contributed by atoms with Crippen molar-refractivity contribution < 1.29 is 9.32 Å². The van der Waals surface area contributed by atoms with Crippen LogP contribution in [0.1, 0.15) is 16.1 Å². The van der Waals surface area contributed by atoms with Gasteiger partial charge in [0.1, 0.15) is 23.3 Å². The lowest BCUT2D eigenvalue weighted by Crippen LogP contribution is -2.14. The smallest absolute Gasteiger partial charge is 0.263 e. The van der Waals surface area contributed by atoms with E-state index in [1.54, 1.807) is 25.1 Å². The highest BCUT2D eigenvalue weighted by atomic mass is 35.5. The van der Waals surface area contributed by atoms with E-state index in [4.69, 9.17) is 16.1 Å². The van der Waals surface area contributed by atoms with Crippen molar-refractivity contribution in [3.05, 3.63) is 46.9 Å². The number of H-pyrrole nitrogens is 1. The number of hydrogen-bond donors (Lipinski definition) is 2. The summed E-state index contributed by atoms with van der Waals surface area (Å²) in [6, 6.07) is 7.10. The number of hydrogen-bond acceptors (Lipinski definition) is 5. The number of aromatic amines is 1. The Morgan fingerprint density at radius 1 is 1.38 bits per heavy atom. The molecule has 2 heterocycles. The van der Waals surface area contributed by atoms with Crippen molar-refractivity contribution in [3.63, 3.8) is 0 Å². The number of aromatic nitrogens is 4. The number of halogens is 1. The lowest BCUT2D eigenvalue weighted by atomic mass is 10.1. The zero-order valence-electron chi connectivity index (χ0n) is 10.9. The molecule has 0 bridgehead atoms. The van der Waals surface area contributed by atoms with Crippen LogP contribution in [-0.2, 0) is 0 Å². The van der Waals surface area contributed by atoms with Crippen LogP contribution >= 0.6 is 11.6 Å². The second kappa shape index (κ2) is 5.37. The number of anilines is 1. The monoisotopic (exact) mass is 303 g/mol. The van der Waals surface area contributed by atoms with Crippen molar-refractivity contribution in [1.29, 1.82) is 0 Å². The van der Waals surface area contributed by atoms with E-state index in [2.05, 4.69) is 25.7 Å². The minimum absolute atomic E-state index is 0.241. The van der Waals surface area contributed by atoms with Crippen LogP contribution in [0.5, 0.6) is 0 Å². The highest BCUT2D eigenvalue weighted by Gasteiger charge is 2.23. The molecular weight excluding hydrogens is 294 g/mol. The Labute approximate surface area is 124 Å². The average molecular weight is 304 g/mol. The molecule has 2 aromatic heterocycles. The third kappa shape index (κ3) is 2.50. The number of rotatable bonds is 3. The van der Waals surface area contributed by atoms with Crippen LogP contribution in [0.2, 0.25) is 5.02 Å². The molecule has 0 fully saturated rings. The summed E-state index contributed by atoms with van der Waals surface area (Å²) in [4.78, 5) is 16.2. The standard InChI is InChI=1S/C13H10ClN5O2/c1-7-10(12(20)17-13-15-6-16-18-13)11(19-21-7)8-4-2-3-5-9(8)14/h2-6H,1H3,(H2,15,16,17,18,20). The van der Waals surface area contributed by atoms with Gasteiger partial charge in [0.15, 0.2) is 0 Å². The lowest BCUT2D eigenvalue weighted by Gasteiger charge is -2.04. The van der Waals surface area contributed by atoms with Crippen molar-refractivity contribution in [2.45, 2.75) is 6.92 Å². The summed E-state index contributed by atoms with van der Waals surface area (Å²) >= 11 is 6.15. The zero-order chi connectivity index (χ0) is 14.8. The topological polar surface area (TPSA) is 96.7 Å². The predicted octanol–water partition coefficient (Wildman–Crippen LogP) is 2.67. The van der Waals surface area contributed by atoms with Gasteiger partial charge in [0, 0.05) is 5.56 Å². The summed E-state index contributed by atoms with van der Waals surface area (Å²) in [6.07, 6.45) is 1.30. The predicted molar refractivity (Wildman–Crippen MR) is 76.0 cm³/mol. The van der Waals surface area contributed by atoms with E-state index in [1.807, 2.05) is 6.07 Å². The van der Waals surface area contributed by atoms with Crippen LogP contribution in [0.4, 0.5) is 5.95 Å². The Hall–Kier alpha value is -2.67. The normalized spacial score (nSPS) is 10.6. The molecule has 0 aliphatic carbocycles. The fourth-order valence-corrected chi connectivity index (χ4v) is 2.14. The number of nitrogens with zero attached hydrogens (tertiary/aromatic N) is 3. The number of carbonyl (C=O) groups is 1. The van der Waals surface area contributed by atoms with Gasteiger partial charge in [-0.3, -0.25) is 10.1 Å². The molecule has 3 aromatic rings. The quantitative estimate of drug-likeness (QED) is 0.775. The summed E-state index contributed by atoms with van der Waals surface area (Å²) in [5.74, 6) is 0.230. The number of benzene rings is 1. The number of aryl methyl sites for hydroxylation is 1. The molecule has 2 N–H and O–H groups in total. The molecule has 3 rings (SSSR count). The van der Waals surface area contributed by atoms with Crippen LogP contribution in [0.3, 0.4) is 0 Å². The highest BCUT2D eigenvalue weighted by Crippen LogP contribution is 2.31. The molecule has 0 spiro atoms. The fraction of sp³-hybridized carbons (Fsp3) is 0.0769. The molecule has 0 saturated carbocycles. The van der Waals surface area contributed by atoms with Gasteiger partial charge in [-0.25, -0.2) is 5.10 Å². The summed E-state index contributed by atoms with van der Waals surface area (Å²) < 4.78 is 5.13. The molecule has 0 atom stereocenters. The molecule has 8 heteroatoms. The summed E-state index contributed by atoms with van der Waals surface area (Å²) in [6.45, 7) is 1.66. The first-order valence-electron chi connectivity index (χ1n) is 6.04. The molecule has 106 valence electrons. The molecule has 7 nitrogen and oxygen atoms in total. The number of nitrogens with one attached hydrogen (secondary N) is 2. The zero-order valence-corrected chi connectivity index (χ0v) is 11.7. The van der Waals surface area contributed by atoms with E-state index in [0.29, 0.717) is 27.6 Å². The van der Waals surface area contributed by atoms with Gasteiger partial charge in [-0.05, 0) is 13.0 Å². The van der Waals surface area contributed by atoms with Gasteiger partial charge in [0.25, 0.3) is 5.91 Å². The first-order valence-corrected chi connectivity index (χ1v) is 6.42. The first kappa shape index (κ1) is 13.3. The van der Waals surface area contributed by atoms with Crippen molar-refractivity contribution in [2.24, 2.45) is 0 Å². The fourth-order valence-electron chi connectivity index (χ4n) is 1.91. The SMILES string of the molecule is Cc1onc(-c2ccccc2Cl)c1C(=O)Nc1ncn[nH]1. The van der Waals surface area contributed by atoms with Crippen LogP contribution in [0.25, 0.3) is 11.3 Å². The van der Waals surface area contributed by atoms with Crippen LogP contribution < -0.4 is 5.32 Å². The minimum atomic E-state index is -0.402. The largest absolute Gasteiger partial charge is 0.360 e. The highest BCUT2D eigenvalue weighted by molar-refractivity contribution is 6.33. The van der Waals surface area contributed by atoms with Crippen molar-refractivity contribution in [1.82, 2.24) is 20.3 Å². The van der Waals surface area contributed by atoms with Crippen LogP contribution in [-0.4, -0.2) is 26.2 Å². The van der Waals surface area contributed by atoms with Gasteiger partial charge >= 0.3 is 0 Å². The molecule has 21 heavy (non-hydrogen) atoms. The van der Waals surface area contributed by atoms with Crippen molar-refractivity contribution >= 4 is 23.5 Å². The minimum Gasteiger partial charge on any atom is -0.360 e. The number of carbonyl (C=O) groups excluding carboxylic acids is 1. The van der Waals surface area contributed by atoms with E-state index in [1.165, 1.54) is 6.33 Å². The van der Waals surface area contributed by atoms with Gasteiger partial charge in [-0.2, -0.15) is 10.1 Å². The third-order valence-electron chi connectivity index (χ3n) is 2.87. The van der Waals surface area contributed by atoms with E-state index in [9.17, 15) is 4.79 Å². The summed E-state index contributed by atoms with van der Waals surface area (Å²) in [5.41, 5.74) is 1.31. The van der Waals surface area contributed by atoms with Gasteiger partial charge in [-0.15, -0.1) is 0 Å². The molecule has 1 amide bonds. The van der Waals surface area contributed by atoms with Gasteiger partial charge in [0.2, 0.25) is 5.95 Å². The maximum absolute atomic E-state index is 12.4. The Morgan fingerprint density at radius 2 is 2.19 bits per heavy atom. The molecule has 0 aliphatic heterocycles. The first-order chi connectivity index (χ1) is 10.2.